The van der Waals surface area contributed by atoms with E-state index in [1.165, 1.54) is 30.2 Å². The van der Waals surface area contributed by atoms with E-state index in [9.17, 15) is 40.8 Å². The van der Waals surface area contributed by atoms with Crippen LogP contribution >= 0.6 is 11.3 Å². The summed E-state index contributed by atoms with van der Waals surface area (Å²) in [5, 5.41) is 6.03. The van der Waals surface area contributed by atoms with Gasteiger partial charge >= 0.3 is 12.1 Å². The number of alkyl halides is 3. The molecule has 16 nitrogen and oxygen atoms in total. The number of aromatic nitrogens is 3. The number of sulfonamides is 1. The van der Waals surface area contributed by atoms with E-state index < -0.39 is 85.8 Å². The summed E-state index contributed by atoms with van der Waals surface area (Å²) in [4.78, 5) is 71.0. The van der Waals surface area contributed by atoms with Crippen LogP contribution in [0.4, 0.5) is 18.3 Å². The van der Waals surface area contributed by atoms with Gasteiger partial charge in [-0.2, -0.15) is 18.2 Å². The molecule has 1 aliphatic heterocycles. The molecule has 4 heterocycles. The Morgan fingerprint density at radius 3 is 2.38 bits per heavy atom. The zero-order chi connectivity index (χ0) is 46.1. The third-order valence-corrected chi connectivity index (χ3v) is 14.5. The molecule has 5 atom stereocenters. The fraction of sp³-hybridized carbons (Fsp3) is 0.419. The number of hydrogen-bond donors (Lipinski definition) is 3. The average molecular weight is 924 g/mol. The Bertz CT molecular complexity index is 2820. The first-order valence-corrected chi connectivity index (χ1v) is 22.7. The smallest absolute Gasteiger partial charge is 0.416 e. The second-order valence-corrected chi connectivity index (χ2v) is 20.2. The van der Waals surface area contributed by atoms with Crippen LogP contribution in [-0.2, 0) is 35.3 Å². The first-order chi connectivity index (χ1) is 30.1. The summed E-state index contributed by atoms with van der Waals surface area (Å²) in [6, 6.07) is 8.88. The Kier molecular flexibility index (Phi) is 11.2. The number of furan rings is 1. The van der Waals surface area contributed by atoms with Crippen molar-refractivity contribution >= 4 is 72.3 Å². The summed E-state index contributed by atoms with van der Waals surface area (Å²) in [6.07, 6.45) is -3.40. The maximum atomic E-state index is 15.0. The van der Waals surface area contributed by atoms with Crippen LogP contribution < -0.4 is 20.1 Å². The number of esters is 1. The Morgan fingerprint density at radius 2 is 1.75 bits per heavy atom. The lowest BCUT2D eigenvalue weighted by Gasteiger charge is -2.35. The van der Waals surface area contributed by atoms with Gasteiger partial charge in [0.25, 0.3) is 11.8 Å². The van der Waals surface area contributed by atoms with Crippen molar-refractivity contribution in [3.05, 3.63) is 77.3 Å². The number of likely N-dealkylation sites (tertiary alicyclic amines) is 1. The van der Waals surface area contributed by atoms with Gasteiger partial charge in [-0.05, 0) is 55.9 Å². The molecule has 2 aliphatic carbocycles. The van der Waals surface area contributed by atoms with Crippen molar-refractivity contribution in [2.24, 2.45) is 11.3 Å². The molecular weight excluding hydrogens is 880 g/mol. The minimum absolute atomic E-state index is 0.0170. The molecule has 2 saturated carbocycles. The van der Waals surface area contributed by atoms with Gasteiger partial charge in [-0.15, -0.1) is 6.58 Å². The van der Waals surface area contributed by atoms with Crippen molar-refractivity contribution in [3.63, 3.8) is 0 Å². The number of halogens is 3. The summed E-state index contributed by atoms with van der Waals surface area (Å²) >= 11 is 0.988. The third kappa shape index (κ3) is 8.49. The van der Waals surface area contributed by atoms with E-state index in [2.05, 4.69) is 36.9 Å². The molecule has 3 aromatic heterocycles. The number of nitrogens with zero attached hydrogens (tertiary/aromatic N) is 4. The van der Waals surface area contributed by atoms with E-state index in [-0.39, 0.29) is 52.2 Å². The van der Waals surface area contributed by atoms with Crippen LogP contribution in [0.2, 0.25) is 0 Å². The summed E-state index contributed by atoms with van der Waals surface area (Å²) in [7, 11) is -2.75. The molecule has 2 aromatic carbocycles. The van der Waals surface area contributed by atoms with Gasteiger partial charge in [0, 0.05) is 23.3 Å². The standard InChI is InChI=1S/C43H44F3N7O9S2/c1-7-23-19-42(23,39(57)52-64(58,59)26-16-17-26)51-35(54)28-18-25(20-53(28)37(55)33(41(3,4)5)49-40-47-21(2)32(63-40)38(56)60-6)61-36-31-30(27-10-8-9-11-29(27)62-31)48-34(50-36)22-12-14-24(15-13-22)43(44,45)46/h7-15,23,25-26,28,33H,1,16-20H2,2-6H3,(H,47,49)(H,51,54)(H,52,57)/t23-,25-,28+,33-,42-/m1/s1. The van der Waals surface area contributed by atoms with Gasteiger partial charge in [-0.1, -0.05) is 62.4 Å². The van der Waals surface area contributed by atoms with Gasteiger partial charge in [0.15, 0.2) is 11.0 Å². The maximum absolute atomic E-state index is 15.0. The van der Waals surface area contributed by atoms with Crippen LogP contribution in [-0.4, -0.2) is 94.6 Å². The molecular formula is C43H44F3N7O9S2. The first-order valence-electron chi connectivity index (χ1n) is 20.3. The molecule has 21 heteroatoms. The number of para-hydroxylation sites is 1. The monoisotopic (exact) mass is 923 g/mol. The Labute approximate surface area is 369 Å². The minimum atomic E-state index is -4.58. The molecule has 3 fully saturated rings. The molecule has 0 bridgehead atoms. The lowest BCUT2D eigenvalue weighted by atomic mass is 9.85. The van der Waals surface area contributed by atoms with Crippen molar-refractivity contribution in [3.8, 4) is 17.3 Å². The van der Waals surface area contributed by atoms with Crippen LogP contribution in [0.1, 0.15) is 67.4 Å². The topological polar surface area (TPSA) is 212 Å². The van der Waals surface area contributed by atoms with Gasteiger partial charge in [0.2, 0.25) is 27.4 Å². The number of methoxy groups -OCH3 is 1. The molecule has 5 aromatic rings. The van der Waals surface area contributed by atoms with Crippen molar-refractivity contribution in [1.29, 1.82) is 0 Å². The SMILES string of the molecule is C=C[C@@H]1C[C@]1(NC(=O)[C@@H]1C[C@@H](Oc2nc(-c3ccc(C(F)(F)F)cc3)nc3c2oc2ccccc23)CN1C(=O)[C@@H](Nc1nc(C)c(C(=O)OC)s1)C(C)(C)C)C(=O)NS(=O)(=O)C1CC1. The zero-order valence-corrected chi connectivity index (χ0v) is 36.9. The number of carbonyl (C=O) groups excluding carboxylic acids is 4. The van der Waals surface area contributed by atoms with Crippen molar-refractivity contribution in [1.82, 2.24) is 29.9 Å². The van der Waals surface area contributed by atoms with Crippen LogP contribution in [0.25, 0.3) is 33.5 Å². The van der Waals surface area contributed by atoms with Crippen LogP contribution in [0.15, 0.2) is 65.6 Å². The Morgan fingerprint density at radius 1 is 1.05 bits per heavy atom. The number of hydrogen-bond acceptors (Lipinski definition) is 14. The van der Waals surface area contributed by atoms with E-state index in [0.717, 1.165) is 23.5 Å². The van der Waals surface area contributed by atoms with E-state index in [1.807, 2.05) is 0 Å². The number of thiazole rings is 1. The third-order valence-electron chi connectivity index (χ3n) is 11.6. The summed E-state index contributed by atoms with van der Waals surface area (Å²) in [6.45, 7) is 10.6. The molecule has 3 N–H and O–H groups in total. The van der Waals surface area contributed by atoms with Crippen molar-refractivity contribution in [2.45, 2.75) is 88.5 Å². The number of anilines is 1. The minimum Gasteiger partial charge on any atom is -0.470 e. The Balaban J connectivity index is 1.16. The van der Waals surface area contributed by atoms with Gasteiger partial charge in [-0.25, -0.2) is 23.2 Å². The number of nitrogens with one attached hydrogen (secondary N) is 3. The van der Waals surface area contributed by atoms with Gasteiger partial charge in [-0.3, -0.25) is 19.1 Å². The molecule has 338 valence electrons. The maximum Gasteiger partial charge on any atom is 0.416 e. The van der Waals surface area contributed by atoms with Crippen molar-refractivity contribution in [2.75, 3.05) is 19.0 Å². The highest BCUT2D eigenvalue weighted by atomic mass is 32.2. The highest BCUT2D eigenvalue weighted by molar-refractivity contribution is 7.91. The molecule has 64 heavy (non-hydrogen) atoms. The molecule has 3 amide bonds. The van der Waals surface area contributed by atoms with E-state index in [1.54, 1.807) is 52.0 Å². The second-order valence-electron chi connectivity index (χ2n) is 17.2. The van der Waals surface area contributed by atoms with Crippen LogP contribution in [0.3, 0.4) is 0 Å². The summed E-state index contributed by atoms with van der Waals surface area (Å²) < 4.78 is 85.9. The zero-order valence-electron chi connectivity index (χ0n) is 35.2. The van der Waals surface area contributed by atoms with E-state index >= 15 is 0 Å². The molecule has 0 unspecified atom stereocenters. The predicted molar refractivity (Wildman–Crippen MR) is 229 cm³/mol. The lowest BCUT2D eigenvalue weighted by molar-refractivity contribution is -0.141. The highest BCUT2D eigenvalue weighted by Crippen LogP contribution is 2.46. The number of aryl methyl sites for hydroxylation is 1. The molecule has 0 radical (unpaired) electrons. The lowest BCUT2D eigenvalue weighted by Crippen LogP contribution is -2.58. The van der Waals surface area contributed by atoms with Crippen LogP contribution in [0, 0.1) is 18.3 Å². The second kappa shape index (κ2) is 16.2. The number of carbonyl (C=O) groups is 4. The number of rotatable bonds is 13. The number of ether oxygens (including phenoxy) is 2. The fourth-order valence-corrected chi connectivity index (χ4v) is 10.1. The highest BCUT2D eigenvalue weighted by Gasteiger charge is 2.62. The Hall–Kier alpha value is -6.09. The first kappa shape index (κ1) is 44.5. The number of benzene rings is 2. The van der Waals surface area contributed by atoms with Crippen LogP contribution in [0.5, 0.6) is 5.88 Å². The quantitative estimate of drug-likeness (QED) is 0.0894. The molecule has 8 rings (SSSR count). The predicted octanol–water partition coefficient (Wildman–Crippen LogP) is 6.16. The molecule has 1 saturated heterocycles. The number of fused-ring (bicyclic) bond motifs is 3. The average Bonchev–Trinajstić information content (AvgIpc) is 4.10. The largest absolute Gasteiger partial charge is 0.470 e. The summed E-state index contributed by atoms with van der Waals surface area (Å²) in [5.41, 5.74) is -1.93. The summed E-state index contributed by atoms with van der Waals surface area (Å²) in [5.74, 6) is -3.57. The van der Waals surface area contributed by atoms with E-state index in [0.29, 0.717) is 35.0 Å². The fourth-order valence-electron chi connectivity index (χ4n) is 7.81. The number of amides is 3. The molecule has 0 spiro atoms. The molecule has 3 aliphatic rings. The van der Waals surface area contributed by atoms with Gasteiger partial charge < -0.3 is 29.4 Å². The van der Waals surface area contributed by atoms with Gasteiger partial charge in [0.05, 0.1) is 30.2 Å². The van der Waals surface area contributed by atoms with Crippen molar-refractivity contribution < 1.29 is 54.7 Å². The normalized spacial score (nSPS) is 21.6. The van der Waals surface area contributed by atoms with E-state index in [4.69, 9.17) is 13.9 Å². The van der Waals surface area contributed by atoms with Gasteiger partial charge in [0.1, 0.15) is 39.7 Å².